The first-order valence-corrected chi connectivity index (χ1v) is 6.24. The van der Waals surface area contributed by atoms with Gasteiger partial charge in [0, 0.05) is 40.7 Å². The predicted octanol–water partition coefficient (Wildman–Crippen LogP) is 3.08. The zero-order valence-electron chi connectivity index (χ0n) is 9.36. The molecule has 2 aromatic rings. The highest BCUT2D eigenvalue weighted by Crippen LogP contribution is 2.24. The second-order valence-corrected chi connectivity index (χ2v) is 4.59. The van der Waals surface area contributed by atoms with Crippen LogP contribution in [0.1, 0.15) is 5.69 Å². The molecule has 0 aliphatic carbocycles. The van der Waals surface area contributed by atoms with Crippen LogP contribution >= 0.6 is 15.9 Å². The molecule has 3 nitrogen and oxygen atoms in total. The molecule has 0 fully saturated rings. The van der Waals surface area contributed by atoms with Crippen LogP contribution in [-0.4, -0.2) is 11.5 Å². The van der Waals surface area contributed by atoms with Crippen molar-refractivity contribution >= 4 is 27.3 Å². The summed E-state index contributed by atoms with van der Waals surface area (Å²) in [5.41, 5.74) is 8.58. The van der Waals surface area contributed by atoms with E-state index in [9.17, 15) is 0 Å². The van der Waals surface area contributed by atoms with E-state index in [0.717, 1.165) is 34.5 Å². The lowest BCUT2D eigenvalue weighted by Crippen LogP contribution is -2.06. The normalized spacial score (nSPS) is 10.2. The van der Waals surface area contributed by atoms with Crippen molar-refractivity contribution < 1.29 is 0 Å². The molecule has 1 aromatic carbocycles. The van der Waals surface area contributed by atoms with E-state index < -0.39 is 0 Å². The number of nitrogens with two attached hydrogens (primary N) is 1. The molecule has 0 aliphatic rings. The van der Waals surface area contributed by atoms with Gasteiger partial charge in [0.25, 0.3) is 0 Å². The minimum atomic E-state index is 0.757. The lowest BCUT2D eigenvalue weighted by Gasteiger charge is -2.08. The Morgan fingerprint density at radius 3 is 2.82 bits per heavy atom. The van der Waals surface area contributed by atoms with Gasteiger partial charge in [-0.2, -0.15) is 0 Å². The molecule has 1 heterocycles. The van der Waals surface area contributed by atoms with Crippen molar-refractivity contribution in [2.24, 2.45) is 0 Å². The molecule has 2 rings (SSSR count). The summed E-state index contributed by atoms with van der Waals surface area (Å²) in [6.07, 6.45) is 2.71. The highest BCUT2D eigenvalue weighted by atomic mass is 79.9. The summed E-state index contributed by atoms with van der Waals surface area (Å²) < 4.78 is 0.985. The largest absolute Gasteiger partial charge is 0.399 e. The molecule has 17 heavy (non-hydrogen) atoms. The van der Waals surface area contributed by atoms with Crippen LogP contribution in [0.5, 0.6) is 0 Å². The summed E-state index contributed by atoms with van der Waals surface area (Å²) >= 11 is 3.48. The van der Waals surface area contributed by atoms with Crippen LogP contribution in [0.15, 0.2) is 47.1 Å². The van der Waals surface area contributed by atoms with Crippen molar-refractivity contribution in [1.82, 2.24) is 4.98 Å². The Morgan fingerprint density at radius 1 is 1.24 bits per heavy atom. The van der Waals surface area contributed by atoms with Crippen LogP contribution in [-0.2, 0) is 6.42 Å². The number of hydrogen-bond donors (Lipinski definition) is 2. The van der Waals surface area contributed by atoms with E-state index in [4.69, 9.17) is 5.73 Å². The summed E-state index contributed by atoms with van der Waals surface area (Å²) in [7, 11) is 0. The first kappa shape index (κ1) is 11.9. The highest BCUT2D eigenvalue weighted by molar-refractivity contribution is 9.10. The van der Waals surface area contributed by atoms with Gasteiger partial charge in [-0.25, -0.2) is 0 Å². The molecular weight excluding hydrogens is 278 g/mol. The second-order valence-electron chi connectivity index (χ2n) is 3.74. The maximum absolute atomic E-state index is 5.68. The zero-order valence-corrected chi connectivity index (χ0v) is 10.9. The van der Waals surface area contributed by atoms with Crippen molar-refractivity contribution in [3.63, 3.8) is 0 Å². The van der Waals surface area contributed by atoms with Crippen LogP contribution in [0.3, 0.4) is 0 Å². The minimum absolute atomic E-state index is 0.757. The van der Waals surface area contributed by atoms with E-state index in [1.165, 1.54) is 0 Å². The number of benzene rings is 1. The topological polar surface area (TPSA) is 50.9 Å². The van der Waals surface area contributed by atoms with E-state index in [2.05, 4.69) is 26.2 Å². The van der Waals surface area contributed by atoms with Crippen molar-refractivity contribution in [3.8, 4) is 0 Å². The molecule has 88 valence electrons. The Balaban J connectivity index is 1.90. The van der Waals surface area contributed by atoms with Gasteiger partial charge in [-0.3, -0.25) is 4.98 Å². The molecule has 0 saturated carbocycles. The molecule has 0 bridgehead atoms. The molecule has 1 aromatic heterocycles. The number of anilines is 2. The fourth-order valence-electron chi connectivity index (χ4n) is 1.55. The lowest BCUT2D eigenvalue weighted by atomic mass is 10.2. The quantitative estimate of drug-likeness (QED) is 0.851. The van der Waals surface area contributed by atoms with Crippen LogP contribution in [0.25, 0.3) is 0 Å². The number of rotatable bonds is 4. The standard InChI is InChI=1S/C13H14BrN3/c14-12-9-10(15)4-5-13(12)17-8-6-11-3-1-2-7-16-11/h1-5,7,9,17H,6,8,15H2. The molecule has 3 N–H and O–H groups in total. The number of pyridine rings is 1. The average Bonchev–Trinajstić information content (AvgIpc) is 2.33. The van der Waals surface area contributed by atoms with Gasteiger partial charge in [0.05, 0.1) is 0 Å². The summed E-state index contributed by atoms with van der Waals surface area (Å²) in [6.45, 7) is 0.847. The molecular formula is C13H14BrN3. The fraction of sp³-hybridized carbons (Fsp3) is 0.154. The third-order valence-electron chi connectivity index (χ3n) is 2.42. The van der Waals surface area contributed by atoms with Gasteiger partial charge in [0.1, 0.15) is 0 Å². The Bertz CT molecular complexity index is 485. The van der Waals surface area contributed by atoms with Crippen LogP contribution < -0.4 is 11.1 Å². The molecule has 4 heteroatoms. The van der Waals surface area contributed by atoms with Crippen LogP contribution in [0, 0.1) is 0 Å². The van der Waals surface area contributed by atoms with Crippen LogP contribution in [0.2, 0.25) is 0 Å². The molecule has 0 amide bonds. The first-order valence-electron chi connectivity index (χ1n) is 5.44. The molecule has 0 atom stereocenters. The van der Waals surface area contributed by atoms with Gasteiger partial charge >= 0.3 is 0 Å². The Labute approximate surface area is 109 Å². The Morgan fingerprint density at radius 2 is 2.12 bits per heavy atom. The Kier molecular flexibility index (Phi) is 3.98. The fourth-order valence-corrected chi connectivity index (χ4v) is 2.08. The van der Waals surface area contributed by atoms with Gasteiger partial charge in [0.15, 0.2) is 0 Å². The summed E-state index contributed by atoms with van der Waals surface area (Å²) in [6, 6.07) is 11.7. The number of hydrogen-bond acceptors (Lipinski definition) is 3. The monoisotopic (exact) mass is 291 g/mol. The molecule has 0 saturated heterocycles. The number of nitrogen functional groups attached to an aromatic ring is 1. The minimum Gasteiger partial charge on any atom is -0.399 e. The maximum atomic E-state index is 5.68. The SMILES string of the molecule is Nc1ccc(NCCc2ccccn2)c(Br)c1. The molecule has 0 spiro atoms. The summed E-state index contributed by atoms with van der Waals surface area (Å²) in [5.74, 6) is 0. The van der Waals surface area contributed by atoms with Gasteiger partial charge in [-0.15, -0.1) is 0 Å². The predicted molar refractivity (Wildman–Crippen MR) is 75.0 cm³/mol. The first-order chi connectivity index (χ1) is 8.25. The van der Waals surface area contributed by atoms with Gasteiger partial charge in [-0.05, 0) is 46.3 Å². The van der Waals surface area contributed by atoms with E-state index in [0.29, 0.717) is 0 Å². The number of nitrogens with zero attached hydrogens (tertiary/aromatic N) is 1. The van der Waals surface area contributed by atoms with Crippen molar-refractivity contribution in [3.05, 3.63) is 52.8 Å². The lowest BCUT2D eigenvalue weighted by molar-refractivity contribution is 0.961. The maximum Gasteiger partial charge on any atom is 0.0486 e. The third-order valence-corrected chi connectivity index (χ3v) is 3.07. The van der Waals surface area contributed by atoms with E-state index in [1.54, 1.807) is 0 Å². The van der Waals surface area contributed by atoms with Gasteiger partial charge in [0.2, 0.25) is 0 Å². The van der Waals surface area contributed by atoms with Crippen LogP contribution in [0.4, 0.5) is 11.4 Å². The van der Waals surface area contributed by atoms with Crippen molar-refractivity contribution in [2.45, 2.75) is 6.42 Å². The van der Waals surface area contributed by atoms with E-state index >= 15 is 0 Å². The average molecular weight is 292 g/mol. The second kappa shape index (κ2) is 5.68. The van der Waals surface area contributed by atoms with Crippen molar-refractivity contribution in [1.29, 1.82) is 0 Å². The smallest absolute Gasteiger partial charge is 0.0486 e. The zero-order chi connectivity index (χ0) is 12.1. The summed E-state index contributed by atoms with van der Waals surface area (Å²) in [5, 5.41) is 3.35. The number of halogens is 1. The van der Waals surface area contributed by atoms with E-state index in [-0.39, 0.29) is 0 Å². The molecule has 0 unspecified atom stereocenters. The van der Waals surface area contributed by atoms with Gasteiger partial charge in [-0.1, -0.05) is 6.07 Å². The number of aromatic nitrogens is 1. The molecule has 0 radical (unpaired) electrons. The van der Waals surface area contributed by atoms with Gasteiger partial charge < -0.3 is 11.1 Å². The van der Waals surface area contributed by atoms with E-state index in [1.807, 2.05) is 42.6 Å². The Hall–Kier alpha value is -1.55. The van der Waals surface area contributed by atoms with Crippen molar-refractivity contribution in [2.75, 3.05) is 17.6 Å². The highest BCUT2D eigenvalue weighted by Gasteiger charge is 1.99. The summed E-state index contributed by atoms with van der Waals surface area (Å²) in [4.78, 5) is 4.27. The molecule has 0 aliphatic heterocycles. The number of nitrogens with one attached hydrogen (secondary N) is 1. The third kappa shape index (κ3) is 3.46.